The number of nitrogens with zero attached hydrogens (tertiary/aromatic N) is 1. The number of alkyl halides is 3. The summed E-state index contributed by atoms with van der Waals surface area (Å²) in [4.78, 5) is 0. The molecule has 7 heteroatoms. The van der Waals surface area contributed by atoms with Crippen LogP contribution in [-0.4, -0.2) is 12.7 Å². The molecule has 1 N–H and O–H groups in total. The van der Waals surface area contributed by atoms with Crippen LogP contribution in [0.2, 0.25) is 5.02 Å². The molecular formula is C10H7ClF4N2. The van der Waals surface area contributed by atoms with Crippen LogP contribution in [0, 0.1) is 23.1 Å². The second kappa shape index (κ2) is 5.23. The summed E-state index contributed by atoms with van der Waals surface area (Å²) in [7, 11) is 0. The van der Waals surface area contributed by atoms with Gasteiger partial charge in [-0.2, -0.15) is 18.4 Å². The van der Waals surface area contributed by atoms with Gasteiger partial charge in [0.25, 0.3) is 0 Å². The summed E-state index contributed by atoms with van der Waals surface area (Å²) in [6.45, 7) is -0.749. The fourth-order valence-electron chi connectivity index (χ4n) is 1.11. The van der Waals surface area contributed by atoms with Gasteiger partial charge in [-0.1, -0.05) is 17.7 Å². The first-order valence-electron chi connectivity index (χ1n) is 4.50. The molecule has 0 amide bonds. The molecule has 0 spiro atoms. The number of nitrogens with one attached hydrogen (secondary N) is 1. The molecule has 2 nitrogen and oxygen atoms in total. The summed E-state index contributed by atoms with van der Waals surface area (Å²) in [5.74, 6) is -2.98. The highest BCUT2D eigenvalue weighted by atomic mass is 35.5. The van der Waals surface area contributed by atoms with Crippen LogP contribution in [0.5, 0.6) is 0 Å². The van der Waals surface area contributed by atoms with Gasteiger partial charge in [0.2, 0.25) is 0 Å². The molecule has 92 valence electrons. The number of para-hydroxylation sites is 1. The molecule has 1 atom stereocenters. The third-order valence-corrected chi connectivity index (χ3v) is 2.31. The quantitative estimate of drug-likeness (QED) is 0.849. The van der Waals surface area contributed by atoms with E-state index in [4.69, 9.17) is 16.9 Å². The molecule has 17 heavy (non-hydrogen) atoms. The van der Waals surface area contributed by atoms with Gasteiger partial charge < -0.3 is 5.32 Å². The van der Waals surface area contributed by atoms with Gasteiger partial charge in [0.15, 0.2) is 5.92 Å². The lowest BCUT2D eigenvalue weighted by molar-refractivity contribution is -0.155. The van der Waals surface area contributed by atoms with E-state index >= 15 is 0 Å². The smallest absolute Gasteiger partial charge is 0.380 e. The highest BCUT2D eigenvalue weighted by molar-refractivity contribution is 6.33. The second-order valence-corrected chi connectivity index (χ2v) is 3.61. The maximum absolute atomic E-state index is 13.2. The highest BCUT2D eigenvalue weighted by Crippen LogP contribution is 2.28. The molecule has 0 saturated carbocycles. The molecule has 0 radical (unpaired) electrons. The lowest BCUT2D eigenvalue weighted by Gasteiger charge is -2.15. The zero-order valence-corrected chi connectivity index (χ0v) is 9.11. The van der Waals surface area contributed by atoms with Crippen molar-refractivity contribution in [2.45, 2.75) is 6.18 Å². The summed E-state index contributed by atoms with van der Waals surface area (Å²) in [5, 5.41) is 10.5. The summed E-state index contributed by atoms with van der Waals surface area (Å²) < 4.78 is 49.9. The standard InChI is InChI=1S/C10H7ClF4N2/c11-7-2-1-3-8(12)9(7)17-5-6(4-16)10(13,14)15/h1-3,6,17H,5H2. The largest absolute Gasteiger partial charge is 0.406 e. The minimum Gasteiger partial charge on any atom is -0.380 e. The van der Waals surface area contributed by atoms with Crippen LogP contribution in [0.1, 0.15) is 0 Å². The van der Waals surface area contributed by atoms with Gasteiger partial charge in [-0.25, -0.2) is 4.39 Å². The molecule has 1 aromatic rings. The summed E-state index contributed by atoms with van der Waals surface area (Å²) in [6.07, 6.45) is -4.65. The topological polar surface area (TPSA) is 35.8 Å². The molecular weight excluding hydrogens is 260 g/mol. The van der Waals surface area contributed by atoms with Crippen molar-refractivity contribution < 1.29 is 17.6 Å². The predicted molar refractivity (Wildman–Crippen MR) is 55.1 cm³/mol. The summed E-state index contributed by atoms with van der Waals surface area (Å²) >= 11 is 5.60. The van der Waals surface area contributed by atoms with E-state index in [0.717, 1.165) is 12.1 Å². The number of hydrogen-bond donors (Lipinski definition) is 1. The van der Waals surface area contributed by atoms with Crippen molar-refractivity contribution in [1.29, 1.82) is 5.26 Å². The Bertz CT molecular complexity index is 419. The fraction of sp³-hybridized carbons (Fsp3) is 0.300. The molecule has 0 saturated heterocycles. The van der Waals surface area contributed by atoms with Crippen LogP contribution in [-0.2, 0) is 0 Å². The van der Waals surface area contributed by atoms with Crippen molar-refractivity contribution in [1.82, 2.24) is 0 Å². The maximum Gasteiger partial charge on any atom is 0.406 e. The first kappa shape index (κ1) is 13.6. The van der Waals surface area contributed by atoms with Crippen molar-refractivity contribution in [2.24, 2.45) is 5.92 Å². The van der Waals surface area contributed by atoms with E-state index < -0.39 is 24.5 Å². The first-order valence-corrected chi connectivity index (χ1v) is 4.88. The summed E-state index contributed by atoms with van der Waals surface area (Å²) in [5.41, 5.74) is -0.237. The van der Waals surface area contributed by atoms with Gasteiger partial charge in [0.05, 0.1) is 16.8 Å². The molecule has 0 aromatic heterocycles. The maximum atomic E-state index is 13.2. The second-order valence-electron chi connectivity index (χ2n) is 3.20. The minimum atomic E-state index is -4.65. The third kappa shape index (κ3) is 3.49. The third-order valence-electron chi connectivity index (χ3n) is 2.00. The number of hydrogen-bond acceptors (Lipinski definition) is 2. The molecule has 0 aliphatic heterocycles. The Morgan fingerprint density at radius 2 is 2.06 bits per heavy atom. The lowest BCUT2D eigenvalue weighted by atomic mass is 10.1. The van der Waals surface area contributed by atoms with E-state index in [-0.39, 0.29) is 10.7 Å². The lowest BCUT2D eigenvalue weighted by Crippen LogP contribution is -2.28. The van der Waals surface area contributed by atoms with E-state index in [1.807, 2.05) is 0 Å². The van der Waals surface area contributed by atoms with Gasteiger partial charge in [-0.15, -0.1) is 0 Å². The molecule has 0 fully saturated rings. The zero-order chi connectivity index (χ0) is 13.1. The number of halogens is 5. The Kier molecular flexibility index (Phi) is 4.18. The van der Waals surface area contributed by atoms with Gasteiger partial charge in [0.1, 0.15) is 5.82 Å². The Morgan fingerprint density at radius 3 is 2.53 bits per heavy atom. The SMILES string of the molecule is N#CC(CNc1c(F)cccc1Cl)C(F)(F)F. The van der Waals surface area contributed by atoms with Crippen molar-refractivity contribution in [3.8, 4) is 6.07 Å². The average molecular weight is 267 g/mol. The Balaban J connectivity index is 2.78. The molecule has 0 heterocycles. The van der Waals surface area contributed by atoms with E-state index in [9.17, 15) is 17.6 Å². The van der Waals surface area contributed by atoms with Gasteiger partial charge in [-0.3, -0.25) is 0 Å². The molecule has 0 bridgehead atoms. The molecule has 1 unspecified atom stereocenters. The van der Waals surface area contributed by atoms with Crippen molar-refractivity contribution in [3.05, 3.63) is 29.0 Å². The van der Waals surface area contributed by atoms with Crippen LogP contribution in [0.3, 0.4) is 0 Å². The molecule has 0 aliphatic carbocycles. The van der Waals surface area contributed by atoms with E-state index in [1.165, 1.54) is 12.1 Å². The van der Waals surface area contributed by atoms with Crippen LogP contribution in [0.4, 0.5) is 23.2 Å². The van der Waals surface area contributed by atoms with E-state index in [2.05, 4.69) is 5.32 Å². The Morgan fingerprint density at radius 1 is 1.41 bits per heavy atom. The van der Waals surface area contributed by atoms with Crippen molar-refractivity contribution in [2.75, 3.05) is 11.9 Å². The van der Waals surface area contributed by atoms with Gasteiger partial charge in [-0.05, 0) is 12.1 Å². The van der Waals surface area contributed by atoms with Crippen LogP contribution >= 0.6 is 11.6 Å². The van der Waals surface area contributed by atoms with Crippen molar-refractivity contribution >= 4 is 17.3 Å². The number of nitriles is 1. The average Bonchev–Trinajstić information content (AvgIpc) is 2.20. The number of rotatable bonds is 3. The minimum absolute atomic E-state index is 0.0381. The zero-order valence-electron chi connectivity index (χ0n) is 8.35. The van der Waals surface area contributed by atoms with Crippen LogP contribution < -0.4 is 5.32 Å². The first-order chi connectivity index (χ1) is 7.86. The molecule has 1 aromatic carbocycles. The molecule has 0 aliphatic rings. The summed E-state index contributed by atoms with van der Waals surface area (Å²) in [6, 6.07) is 4.82. The normalized spacial score (nSPS) is 12.9. The number of benzene rings is 1. The fourth-order valence-corrected chi connectivity index (χ4v) is 1.34. The van der Waals surface area contributed by atoms with Gasteiger partial charge in [0, 0.05) is 6.54 Å². The van der Waals surface area contributed by atoms with E-state index in [0.29, 0.717) is 0 Å². The number of anilines is 1. The Hall–Kier alpha value is -1.48. The molecule has 1 rings (SSSR count). The monoisotopic (exact) mass is 266 g/mol. The van der Waals surface area contributed by atoms with Crippen molar-refractivity contribution in [3.63, 3.8) is 0 Å². The van der Waals surface area contributed by atoms with Crippen LogP contribution in [0.25, 0.3) is 0 Å². The van der Waals surface area contributed by atoms with Crippen LogP contribution in [0.15, 0.2) is 18.2 Å². The highest BCUT2D eigenvalue weighted by Gasteiger charge is 2.39. The predicted octanol–water partition coefficient (Wildman–Crippen LogP) is 3.59. The Labute approximate surface area is 99.8 Å². The van der Waals surface area contributed by atoms with Gasteiger partial charge >= 0.3 is 6.18 Å². The van der Waals surface area contributed by atoms with E-state index in [1.54, 1.807) is 0 Å².